The van der Waals surface area contributed by atoms with Crippen LogP contribution in [0.25, 0.3) is 0 Å². The number of aryl methyl sites for hydroxylation is 1. The molecule has 0 spiro atoms. The van der Waals surface area contributed by atoms with E-state index in [9.17, 15) is 4.39 Å². The van der Waals surface area contributed by atoms with Crippen LogP contribution in [0.15, 0.2) is 18.2 Å². The Bertz CT molecular complexity index is 351. The third-order valence-electron chi connectivity index (χ3n) is 2.97. The smallest absolute Gasteiger partial charge is 0.126 e. The molecular weight excluding hydrogens is 195 g/mol. The molecule has 2 rings (SSSR count). The highest BCUT2D eigenvalue weighted by atomic mass is 19.1. The van der Waals surface area contributed by atoms with Crippen molar-refractivity contribution in [2.24, 2.45) is 5.92 Å². The van der Waals surface area contributed by atoms with E-state index < -0.39 is 0 Å². The average Bonchev–Trinajstić information content (AvgIpc) is 2.70. The monoisotopic (exact) mass is 210 g/mol. The molecule has 15 heavy (non-hydrogen) atoms. The Morgan fingerprint density at radius 1 is 1.53 bits per heavy atom. The normalized spacial score (nSPS) is 25.8. The van der Waals surface area contributed by atoms with Crippen molar-refractivity contribution in [2.75, 3.05) is 13.2 Å². The highest BCUT2D eigenvalue weighted by Gasteiger charge is 2.29. The number of benzene rings is 1. The summed E-state index contributed by atoms with van der Waals surface area (Å²) in [6.45, 7) is 2.48. The van der Waals surface area contributed by atoms with Crippen molar-refractivity contribution in [3.63, 3.8) is 0 Å². The molecule has 2 unspecified atom stereocenters. The van der Waals surface area contributed by atoms with Gasteiger partial charge in [0.15, 0.2) is 0 Å². The number of aliphatic hydroxyl groups excluding tert-OH is 1. The third-order valence-corrected chi connectivity index (χ3v) is 2.97. The predicted octanol–water partition coefficient (Wildman–Crippen LogP) is 2.20. The summed E-state index contributed by atoms with van der Waals surface area (Å²) in [4.78, 5) is 0. The van der Waals surface area contributed by atoms with Crippen LogP contribution in [0.2, 0.25) is 0 Å². The van der Waals surface area contributed by atoms with Gasteiger partial charge < -0.3 is 9.84 Å². The first-order chi connectivity index (χ1) is 7.22. The minimum Gasteiger partial charge on any atom is -0.396 e. The predicted molar refractivity (Wildman–Crippen MR) is 55.0 cm³/mol. The van der Waals surface area contributed by atoms with Crippen LogP contribution < -0.4 is 0 Å². The van der Waals surface area contributed by atoms with Gasteiger partial charge in [0, 0.05) is 19.1 Å². The van der Waals surface area contributed by atoms with Crippen molar-refractivity contribution < 1.29 is 14.2 Å². The summed E-state index contributed by atoms with van der Waals surface area (Å²) in [5, 5.41) is 9.15. The number of rotatable bonds is 2. The van der Waals surface area contributed by atoms with E-state index in [4.69, 9.17) is 9.84 Å². The quantitative estimate of drug-likeness (QED) is 0.810. The molecule has 0 aliphatic carbocycles. The van der Waals surface area contributed by atoms with Crippen LogP contribution in [0, 0.1) is 18.7 Å². The highest BCUT2D eigenvalue weighted by molar-refractivity contribution is 5.26. The van der Waals surface area contributed by atoms with Gasteiger partial charge in [0.2, 0.25) is 0 Å². The fourth-order valence-electron chi connectivity index (χ4n) is 1.98. The number of hydrogen-bond donors (Lipinski definition) is 1. The molecule has 0 amide bonds. The van der Waals surface area contributed by atoms with Crippen LogP contribution in [0.1, 0.15) is 23.7 Å². The Morgan fingerprint density at radius 2 is 2.33 bits per heavy atom. The largest absolute Gasteiger partial charge is 0.396 e. The lowest BCUT2D eigenvalue weighted by Crippen LogP contribution is -2.11. The van der Waals surface area contributed by atoms with Gasteiger partial charge in [0.1, 0.15) is 5.82 Å². The SMILES string of the molecule is Cc1ccc(C2OCCC2CO)cc1F. The molecule has 0 saturated carbocycles. The zero-order valence-electron chi connectivity index (χ0n) is 8.74. The molecule has 1 aliphatic heterocycles. The van der Waals surface area contributed by atoms with Crippen LogP contribution in [0.5, 0.6) is 0 Å². The van der Waals surface area contributed by atoms with E-state index in [0.29, 0.717) is 12.2 Å². The van der Waals surface area contributed by atoms with E-state index in [-0.39, 0.29) is 24.4 Å². The zero-order valence-corrected chi connectivity index (χ0v) is 8.74. The maximum atomic E-state index is 13.3. The minimum atomic E-state index is -0.209. The molecule has 1 aromatic rings. The van der Waals surface area contributed by atoms with Crippen molar-refractivity contribution in [3.8, 4) is 0 Å². The number of hydrogen-bond acceptors (Lipinski definition) is 2. The van der Waals surface area contributed by atoms with Crippen LogP contribution in [0.4, 0.5) is 4.39 Å². The number of halogens is 1. The van der Waals surface area contributed by atoms with E-state index in [1.54, 1.807) is 13.0 Å². The molecule has 1 aliphatic rings. The van der Waals surface area contributed by atoms with Gasteiger partial charge in [0.05, 0.1) is 6.10 Å². The fourth-order valence-corrected chi connectivity index (χ4v) is 1.98. The van der Waals surface area contributed by atoms with Gasteiger partial charge in [-0.1, -0.05) is 12.1 Å². The Balaban J connectivity index is 2.25. The van der Waals surface area contributed by atoms with Crippen molar-refractivity contribution >= 4 is 0 Å². The van der Waals surface area contributed by atoms with Gasteiger partial charge in [-0.2, -0.15) is 0 Å². The first-order valence-corrected chi connectivity index (χ1v) is 5.21. The topological polar surface area (TPSA) is 29.5 Å². The van der Waals surface area contributed by atoms with E-state index in [1.165, 1.54) is 6.07 Å². The molecule has 0 bridgehead atoms. The van der Waals surface area contributed by atoms with Crippen LogP contribution in [-0.2, 0) is 4.74 Å². The summed E-state index contributed by atoms with van der Waals surface area (Å²) in [5.74, 6) is -0.105. The van der Waals surface area contributed by atoms with E-state index in [2.05, 4.69) is 0 Å². The van der Waals surface area contributed by atoms with Crippen LogP contribution in [0.3, 0.4) is 0 Å². The van der Waals surface area contributed by atoms with Crippen LogP contribution >= 0.6 is 0 Å². The standard InChI is InChI=1S/C12H15FO2/c1-8-2-3-9(6-11(8)13)12-10(7-14)4-5-15-12/h2-3,6,10,12,14H,4-5,7H2,1H3. The fraction of sp³-hybridized carbons (Fsp3) is 0.500. The molecule has 2 atom stereocenters. The first-order valence-electron chi connectivity index (χ1n) is 5.21. The molecule has 1 saturated heterocycles. The average molecular weight is 210 g/mol. The lowest BCUT2D eigenvalue weighted by atomic mass is 9.95. The maximum absolute atomic E-state index is 13.3. The van der Waals surface area contributed by atoms with Gasteiger partial charge in [-0.3, -0.25) is 0 Å². The molecule has 1 heterocycles. The summed E-state index contributed by atoms with van der Waals surface area (Å²) in [7, 11) is 0. The summed E-state index contributed by atoms with van der Waals surface area (Å²) >= 11 is 0. The molecular formula is C12H15FO2. The Kier molecular flexibility index (Phi) is 3.03. The zero-order chi connectivity index (χ0) is 10.8. The van der Waals surface area contributed by atoms with E-state index in [1.807, 2.05) is 6.07 Å². The summed E-state index contributed by atoms with van der Waals surface area (Å²) in [5.41, 5.74) is 1.46. The Labute approximate surface area is 88.7 Å². The van der Waals surface area contributed by atoms with Gasteiger partial charge in [-0.25, -0.2) is 4.39 Å². The molecule has 0 aromatic heterocycles. The number of ether oxygens (including phenoxy) is 1. The molecule has 2 nitrogen and oxygen atoms in total. The summed E-state index contributed by atoms with van der Waals surface area (Å²) in [6, 6.07) is 5.13. The summed E-state index contributed by atoms with van der Waals surface area (Å²) in [6.07, 6.45) is 0.696. The molecule has 1 aromatic carbocycles. The van der Waals surface area contributed by atoms with Crippen molar-refractivity contribution in [1.82, 2.24) is 0 Å². The van der Waals surface area contributed by atoms with Gasteiger partial charge in [0.25, 0.3) is 0 Å². The molecule has 3 heteroatoms. The van der Waals surface area contributed by atoms with Gasteiger partial charge in [-0.15, -0.1) is 0 Å². The highest BCUT2D eigenvalue weighted by Crippen LogP contribution is 2.34. The van der Waals surface area contributed by atoms with Gasteiger partial charge in [-0.05, 0) is 30.5 Å². The van der Waals surface area contributed by atoms with Crippen molar-refractivity contribution in [2.45, 2.75) is 19.4 Å². The second kappa shape index (κ2) is 4.29. The lowest BCUT2D eigenvalue weighted by Gasteiger charge is -2.17. The first kappa shape index (κ1) is 10.6. The second-order valence-electron chi connectivity index (χ2n) is 4.03. The lowest BCUT2D eigenvalue weighted by molar-refractivity contribution is 0.0718. The molecule has 82 valence electrons. The molecule has 1 N–H and O–H groups in total. The third kappa shape index (κ3) is 2.03. The van der Waals surface area contributed by atoms with Crippen LogP contribution in [-0.4, -0.2) is 18.3 Å². The molecule has 1 fully saturated rings. The summed E-state index contributed by atoms with van der Waals surface area (Å²) < 4.78 is 18.9. The van der Waals surface area contributed by atoms with Crippen molar-refractivity contribution in [1.29, 1.82) is 0 Å². The Hall–Kier alpha value is -0.930. The number of aliphatic hydroxyl groups is 1. The van der Waals surface area contributed by atoms with E-state index in [0.717, 1.165) is 12.0 Å². The van der Waals surface area contributed by atoms with E-state index >= 15 is 0 Å². The van der Waals surface area contributed by atoms with Crippen molar-refractivity contribution in [3.05, 3.63) is 35.1 Å². The minimum absolute atomic E-state index is 0.0974. The molecule has 0 radical (unpaired) electrons. The second-order valence-corrected chi connectivity index (χ2v) is 4.03. The maximum Gasteiger partial charge on any atom is 0.126 e. The van der Waals surface area contributed by atoms with Gasteiger partial charge >= 0.3 is 0 Å². The Morgan fingerprint density at radius 3 is 3.00 bits per heavy atom.